The number of β-lactam (4-membered cyclic amide) rings is 1. The van der Waals surface area contributed by atoms with E-state index in [0.717, 1.165) is 5.69 Å². The van der Waals surface area contributed by atoms with Crippen LogP contribution >= 0.6 is 0 Å². The number of nitrogens with zero attached hydrogens (tertiary/aromatic N) is 2. The van der Waals surface area contributed by atoms with Crippen LogP contribution in [0.4, 0.5) is 5.69 Å². The van der Waals surface area contributed by atoms with E-state index in [-0.39, 0.29) is 11.9 Å². The predicted octanol–water partition coefficient (Wildman–Crippen LogP) is 4.66. The lowest BCUT2D eigenvalue weighted by molar-refractivity contribution is -0.219. The summed E-state index contributed by atoms with van der Waals surface area (Å²) in [6, 6.07) is 28.8. The van der Waals surface area contributed by atoms with Gasteiger partial charge < -0.3 is 4.90 Å². The second kappa shape index (κ2) is 7.14. The SMILES string of the molecule is Cc1ccc(N2CC3(CC(c4ccccc4)N(Cc4ccccc4)O3)C2=O)cc1. The van der Waals surface area contributed by atoms with Crippen molar-refractivity contribution in [1.29, 1.82) is 0 Å². The molecule has 3 aromatic rings. The second-order valence-corrected chi connectivity index (χ2v) is 8.00. The Labute approximate surface area is 171 Å². The Morgan fingerprint density at radius 3 is 2.24 bits per heavy atom. The molecule has 0 bridgehead atoms. The molecule has 2 aliphatic heterocycles. The van der Waals surface area contributed by atoms with Crippen molar-refractivity contribution in [3.05, 3.63) is 102 Å². The first kappa shape index (κ1) is 18.1. The molecule has 2 fully saturated rings. The van der Waals surface area contributed by atoms with Gasteiger partial charge in [-0.3, -0.25) is 9.63 Å². The normalized spacial score (nSPS) is 24.1. The van der Waals surface area contributed by atoms with E-state index >= 15 is 0 Å². The highest BCUT2D eigenvalue weighted by Gasteiger charge is 2.61. The van der Waals surface area contributed by atoms with Crippen molar-refractivity contribution in [1.82, 2.24) is 5.06 Å². The third-order valence-corrected chi connectivity index (χ3v) is 5.92. The average molecular weight is 384 g/mol. The number of aryl methyl sites for hydroxylation is 1. The fourth-order valence-corrected chi connectivity index (χ4v) is 4.31. The van der Waals surface area contributed by atoms with Gasteiger partial charge in [-0.1, -0.05) is 78.4 Å². The van der Waals surface area contributed by atoms with E-state index in [1.807, 2.05) is 70.6 Å². The Morgan fingerprint density at radius 1 is 0.931 bits per heavy atom. The van der Waals surface area contributed by atoms with E-state index in [1.165, 1.54) is 16.7 Å². The highest BCUT2D eigenvalue weighted by Crippen LogP contribution is 2.47. The summed E-state index contributed by atoms with van der Waals surface area (Å²) in [5.74, 6) is 0.0536. The molecule has 146 valence electrons. The molecule has 2 saturated heterocycles. The number of carbonyl (C=O) groups is 1. The lowest BCUT2D eigenvalue weighted by atomic mass is 9.84. The topological polar surface area (TPSA) is 32.8 Å². The predicted molar refractivity (Wildman–Crippen MR) is 113 cm³/mol. The standard InChI is InChI=1S/C25H24N2O2/c1-19-12-14-22(15-13-19)26-18-25(24(26)28)16-23(21-10-6-3-7-11-21)27(29-25)17-20-8-4-2-5-9-20/h2-15,23H,16-18H2,1H3. The summed E-state index contributed by atoms with van der Waals surface area (Å²) in [6.07, 6.45) is 0.672. The van der Waals surface area contributed by atoms with Crippen molar-refractivity contribution in [2.45, 2.75) is 31.5 Å². The van der Waals surface area contributed by atoms with E-state index in [1.54, 1.807) is 0 Å². The first-order valence-electron chi connectivity index (χ1n) is 10.1. The number of rotatable bonds is 4. The molecular formula is C25H24N2O2. The van der Waals surface area contributed by atoms with Gasteiger partial charge in [0.05, 0.1) is 12.6 Å². The van der Waals surface area contributed by atoms with E-state index in [4.69, 9.17) is 4.84 Å². The fraction of sp³-hybridized carbons (Fsp3) is 0.240. The van der Waals surface area contributed by atoms with Crippen molar-refractivity contribution < 1.29 is 9.63 Å². The Morgan fingerprint density at radius 2 is 1.59 bits per heavy atom. The molecule has 1 spiro atoms. The third kappa shape index (κ3) is 3.24. The van der Waals surface area contributed by atoms with Crippen LogP contribution in [0.1, 0.15) is 29.2 Å². The first-order chi connectivity index (χ1) is 14.1. The zero-order chi connectivity index (χ0) is 19.8. The molecule has 0 saturated carbocycles. The van der Waals surface area contributed by atoms with Crippen LogP contribution in [0.2, 0.25) is 0 Å². The third-order valence-electron chi connectivity index (χ3n) is 5.92. The van der Waals surface area contributed by atoms with Crippen molar-refractivity contribution in [2.75, 3.05) is 11.4 Å². The van der Waals surface area contributed by atoms with Gasteiger partial charge in [0.25, 0.3) is 5.91 Å². The summed E-state index contributed by atoms with van der Waals surface area (Å²) < 4.78 is 0. The summed E-state index contributed by atoms with van der Waals surface area (Å²) in [5, 5.41) is 2.00. The summed E-state index contributed by atoms with van der Waals surface area (Å²) in [6.45, 7) is 3.29. The largest absolute Gasteiger partial charge is 0.306 e. The molecule has 0 aliphatic carbocycles. The summed E-state index contributed by atoms with van der Waals surface area (Å²) in [5.41, 5.74) is 3.72. The van der Waals surface area contributed by atoms with E-state index in [9.17, 15) is 4.79 Å². The number of hydroxylamine groups is 2. The molecule has 29 heavy (non-hydrogen) atoms. The molecule has 4 heteroatoms. The van der Waals surface area contributed by atoms with Crippen LogP contribution in [0.15, 0.2) is 84.9 Å². The fourth-order valence-electron chi connectivity index (χ4n) is 4.31. The van der Waals surface area contributed by atoms with Crippen molar-refractivity contribution >= 4 is 11.6 Å². The average Bonchev–Trinajstić information content (AvgIpc) is 3.15. The molecule has 1 amide bonds. The summed E-state index contributed by atoms with van der Waals surface area (Å²) in [7, 11) is 0. The lowest BCUT2D eigenvalue weighted by Gasteiger charge is -2.45. The number of amides is 1. The molecule has 5 rings (SSSR count). The van der Waals surface area contributed by atoms with Gasteiger partial charge in [0.2, 0.25) is 0 Å². The molecular weight excluding hydrogens is 360 g/mol. The maximum atomic E-state index is 13.2. The van der Waals surface area contributed by atoms with Gasteiger partial charge in [0.1, 0.15) is 0 Å². The number of hydrogen-bond acceptors (Lipinski definition) is 3. The Bertz CT molecular complexity index is 1000. The quantitative estimate of drug-likeness (QED) is 0.614. The highest BCUT2D eigenvalue weighted by atomic mass is 16.7. The van der Waals surface area contributed by atoms with E-state index in [0.29, 0.717) is 19.5 Å². The van der Waals surface area contributed by atoms with Gasteiger partial charge in [-0.05, 0) is 30.2 Å². The minimum Gasteiger partial charge on any atom is -0.306 e. The van der Waals surface area contributed by atoms with Gasteiger partial charge in [0, 0.05) is 18.7 Å². The molecule has 0 aromatic heterocycles. The van der Waals surface area contributed by atoms with Crippen LogP contribution in [-0.2, 0) is 16.2 Å². The molecule has 2 heterocycles. The minimum absolute atomic E-state index is 0.0536. The van der Waals surface area contributed by atoms with Gasteiger partial charge in [-0.25, -0.2) is 0 Å². The second-order valence-electron chi connectivity index (χ2n) is 8.00. The molecule has 4 nitrogen and oxygen atoms in total. The molecule has 2 unspecified atom stereocenters. The van der Waals surface area contributed by atoms with E-state index < -0.39 is 5.60 Å². The zero-order valence-corrected chi connectivity index (χ0v) is 16.5. The zero-order valence-electron chi connectivity index (χ0n) is 16.5. The van der Waals surface area contributed by atoms with Crippen LogP contribution in [0.25, 0.3) is 0 Å². The maximum Gasteiger partial charge on any atom is 0.263 e. The van der Waals surface area contributed by atoms with Gasteiger partial charge in [-0.15, -0.1) is 0 Å². The number of benzene rings is 3. The summed E-state index contributed by atoms with van der Waals surface area (Å²) in [4.78, 5) is 21.4. The molecule has 0 N–H and O–H groups in total. The van der Waals surface area contributed by atoms with Crippen LogP contribution in [0.5, 0.6) is 0 Å². The van der Waals surface area contributed by atoms with Crippen LogP contribution in [0, 0.1) is 6.92 Å². The monoisotopic (exact) mass is 384 g/mol. The molecule has 0 radical (unpaired) electrons. The smallest absolute Gasteiger partial charge is 0.263 e. The highest BCUT2D eigenvalue weighted by molar-refractivity contribution is 6.07. The maximum absolute atomic E-state index is 13.2. The van der Waals surface area contributed by atoms with Crippen molar-refractivity contribution in [2.24, 2.45) is 0 Å². The Balaban J connectivity index is 1.41. The number of hydrogen-bond donors (Lipinski definition) is 0. The van der Waals surface area contributed by atoms with Crippen LogP contribution in [-0.4, -0.2) is 23.1 Å². The summed E-state index contributed by atoms with van der Waals surface area (Å²) >= 11 is 0. The van der Waals surface area contributed by atoms with Gasteiger partial charge >= 0.3 is 0 Å². The Hall–Kier alpha value is -2.95. The molecule has 2 atom stereocenters. The van der Waals surface area contributed by atoms with Crippen molar-refractivity contribution in [3.8, 4) is 0 Å². The molecule has 3 aromatic carbocycles. The molecule has 2 aliphatic rings. The van der Waals surface area contributed by atoms with Crippen LogP contribution < -0.4 is 4.90 Å². The lowest BCUT2D eigenvalue weighted by Crippen LogP contribution is -2.67. The van der Waals surface area contributed by atoms with E-state index in [2.05, 4.69) is 31.2 Å². The number of anilines is 1. The minimum atomic E-state index is -0.764. The van der Waals surface area contributed by atoms with Crippen molar-refractivity contribution in [3.63, 3.8) is 0 Å². The van der Waals surface area contributed by atoms with Crippen LogP contribution in [0.3, 0.4) is 0 Å². The Kier molecular flexibility index (Phi) is 4.46. The van der Waals surface area contributed by atoms with Gasteiger partial charge in [-0.2, -0.15) is 5.06 Å². The first-order valence-corrected chi connectivity index (χ1v) is 10.1. The number of carbonyl (C=O) groups excluding carboxylic acids is 1. The van der Waals surface area contributed by atoms with Gasteiger partial charge in [0.15, 0.2) is 5.60 Å².